The fourth-order valence-electron chi connectivity index (χ4n) is 1.75. The zero-order valence-corrected chi connectivity index (χ0v) is 8.39. The highest BCUT2D eigenvalue weighted by atomic mass is 19.1. The molecule has 0 heterocycles. The zero-order chi connectivity index (χ0) is 9.52. The normalized spacial score (nSPS) is 28.2. The number of hydrogen-bond donors (Lipinski definition) is 1. The van der Waals surface area contributed by atoms with E-state index in [1.807, 2.05) is 6.92 Å². The second-order valence-electron chi connectivity index (χ2n) is 3.56. The molecule has 1 rings (SSSR count). The summed E-state index contributed by atoms with van der Waals surface area (Å²) in [7, 11) is 0. The van der Waals surface area contributed by atoms with Crippen molar-refractivity contribution in [3.63, 3.8) is 0 Å². The number of hydrogen-bond acceptors (Lipinski definition) is 2. The van der Waals surface area contributed by atoms with Gasteiger partial charge in [0.25, 0.3) is 0 Å². The Balaban J connectivity index is 1.93. The Morgan fingerprint density at radius 2 is 2.31 bits per heavy atom. The van der Waals surface area contributed by atoms with Gasteiger partial charge >= 0.3 is 0 Å². The van der Waals surface area contributed by atoms with Crippen molar-refractivity contribution in [2.45, 2.75) is 44.8 Å². The Morgan fingerprint density at radius 1 is 1.46 bits per heavy atom. The van der Waals surface area contributed by atoms with Crippen molar-refractivity contribution < 1.29 is 9.13 Å². The van der Waals surface area contributed by atoms with Gasteiger partial charge in [-0.1, -0.05) is 0 Å². The Kier molecular flexibility index (Phi) is 5.32. The summed E-state index contributed by atoms with van der Waals surface area (Å²) in [6, 6.07) is 0.113. The highest BCUT2D eigenvalue weighted by Gasteiger charge is 2.25. The lowest BCUT2D eigenvalue weighted by molar-refractivity contribution is 0.143. The van der Waals surface area contributed by atoms with Gasteiger partial charge in [-0.2, -0.15) is 0 Å². The standard InChI is InChI=1S/C10H20FNO/c1-2-13-8-4-7-12-10-6-3-5-9(10)11/h9-10,12H,2-8H2,1H3/t9-,10-/m1/s1. The summed E-state index contributed by atoms with van der Waals surface area (Å²) in [5.74, 6) is 0. The van der Waals surface area contributed by atoms with Crippen LogP contribution in [-0.2, 0) is 4.74 Å². The summed E-state index contributed by atoms with van der Waals surface area (Å²) < 4.78 is 18.3. The molecular weight excluding hydrogens is 169 g/mol. The van der Waals surface area contributed by atoms with Crippen LogP contribution in [0.25, 0.3) is 0 Å². The van der Waals surface area contributed by atoms with Gasteiger partial charge in [0.05, 0.1) is 0 Å². The van der Waals surface area contributed by atoms with E-state index in [2.05, 4.69) is 5.32 Å². The minimum atomic E-state index is -0.618. The SMILES string of the molecule is CCOCCCN[C@@H]1CCC[C@H]1F. The summed E-state index contributed by atoms with van der Waals surface area (Å²) in [5.41, 5.74) is 0. The van der Waals surface area contributed by atoms with Crippen LogP contribution in [-0.4, -0.2) is 32.0 Å². The molecule has 0 aromatic heterocycles. The van der Waals surface area contributed by atoms with E-state index < -0.39 is 6.17 Å². The van der Waals surface area contributed by atoms with E-state index in [9.17, 15) is 4.39 Å². The molecule has 1 aliphatic carbocycles. The van der Waals surface area contributed by atoms with E-state index in [-0.39, 0.29) is 6.04 Å². The number of halogens is 1. The minimum Gasteiger partial charge on any atom is -0.382 e. The molecule has 0 spiro atoms. The first-order valence-corrected chi connectivity index (χ1v) is 5.29. The molecule has 0 aromatic carbocycles. The van der Waals surface area contributed by atoms with Crippen molar-refractivity contribution in [3.05, 3.63) is 0 Å². The van der Waals surface area contributed by atoms with Crippen LogP contribution in [0, 0.1) is 0 Å². The molecule has 0 aliphatic heterocycles. The predicted octanol–water partition coefficient (Wildman–Crippen LogP) is 1.89. The first-order valence-electron chi connectivity index (χ1n) is 5.29. The third-order valence-electron chi connectivity index (χ3n) is 2.51. The molecule has 0 bridgehead atoms. The van der Waals surface area contributed by atoms with E-state index >= 15 is 0 Å². The lowest BCUT2D eigenvalue weighted by atomic mass is 10.2. The average Bonchev–Trinajstić information content (AvgIpc) is 2.52. The largest absolute Gasteiger partial charge is 0.382 e. The Hall–Kier alpha value is -0.150. The van der Waals surface area contributed by atoms with Crippen LogP contribution in [0.15, 0.2) is 0 Å². The van der Waals surface area contributed by atoms with E-state index in [4.69, 9.17) is 4.74 Å². The first kappa shape index (κ1) is 10.9. The van der Waals surface area contributed by atoms with Gasteiger partial charge in [0.2, 0.25) is 0 Å². The van der Waals surface area contributed by atoms with Crippen LogP contribution in [0.2, 0.25) is 0 Å². The molecule has 0 aromatic rings. The molecule has 2 nitrogen and oxygen atoms in total. The van der Waals surface area contributed by atoms with Crippen LogP contribution in [0.1, 0.15) is 32.6 Å². The van der Waals surface area contributed by atoms with Crippen molar-refractivity contribution in [3.8, 4) is 0 Å². The number of alkyl halides is 1. The summed E-state index contributed by atoms with van der Waals surface area (Å²) in [5, 5.41) is 3.24. The van der Waals surface area contributed by atoms with Crippen LogP contribution in [0.5, 0.6) is 0 Å². The molecular formula is C10H20FNO. The number of rotatable bonds is 6. The molecule has 3 heteroatoms. The summed E-state index contributed by atoms with van der Waals surface area (Å²) in [4.78, 5) is 0. The monoisotopic (exact) mass is 189 g/mol. The van der Waals surface area contributed by atoms with E-state index in [0.29, 0.717) is 0 Å². The minimum absolute atomic E-state index is 0.113. The topological polar surface area (TPSA) is 21.3 Å². The fourth-order valence-corrected chi connectivity index (χ4v) is 1.75. The smallest absolute Gasteiger partial charge is 0.115 e. The lowest BCUT2D eigenvalue weighted by Crippen LogP contribution is -2.34. The Morgan fingerprint density at radius 3 is 2.92 bits per heavy atom. The van der Waals surface area contributed by atoms with Crippen molar-refractivity contribution >= 4 is 0 Å². The first-order chi connectivity index (χ1) is 6.34. The van der Waals surface area contributed by atoms with Crippen molar-refractivity contribution in [2.24, 2.45) is 0 Å². The molecule has 1 saturated carbocycles. The molecule has 13 heavy (non-hydrogen) atoms. The number of ether oxygens (including phenoxy) is 1. The third-order valence-corrected chi connectivity index (χ3v) is 2.51. The predicted molar refractivity (Wildman–Crippen MR) is 51.6 cm³/mol. The van der Waals surface area contributed by atoms with Gasteiger partial charge < -0.3 is 10.1 Å². The third kappa shape index (κ3) is 4.05. The van der Waals surface area contributed by atoms with Gasteiger partial charge in [-0.3, -0.25) is 0 Å². The molecule has 0 saturated heterocycles. The Labute approximate surface area is 79.8 Å². The van der Waals surface area contributed by atoms with Gasteiger partial charge in [0, 0.05) is 19.3 Å². The average molecular weight is 189 g/mol. The summed E-state index contributed by atoms with van der Waals surface area (Å²) in [6.45, 7) is 4.43. The summed E-state index contributed by atoms with van der Waals surface area (Å²) >= 11 is 0. The maximum atomic E-state index is 13.1. The second-order valence-corrected chi connectivity index (χ2v) is 3.56. The fraction of sp³-hybridized carbons (Fsp3) is 1.00. The molecule has 78 valence electrons. The van der Waals surface area contributed by atoms with Gasteiger partial charge in [-0.25, -0.2) is 4.39 Å². The molecule has 0 amide bonds. The molecule has 1 fully saturated rings. The van der Waals surface area contributed by atoms with Gasteiger partial charge in [0.15, 0.2) is 0 Å². The van der Waals surface area contributed by atoms with Crippen LogP contribution in [0.4, 0.5) is 4.39 Å². The van der Waals surface area contributed by atoms with Crippen molar-refractivity contribution in [2.75, 3.05) is 19.8 Å². The quantitative estimate of drug-likeness (QED) is 0.644. The second kappa shape index (κ2) is 6.33. The van der Waals surface area contributed by atoms with Crippen LogP contribution >= 0.6 is 0 Å². The number of nitrogens with one attached hydrogen (secondary N) is 1. The molecule has 2 atom stereocenters. The molecule has 1 N–H and O–H groups in total. The van der Waals surface area contributed by atoms with E-state index in [0.717, 1.165) is 45.4 Å². The van der Waals surface area contributed by atoms with Crippen LogP contribution in [0.3, 0.4) is 0 Å². The van der Waals surface area contributed by atoms with E-state index in [1.54, 1.807) is 0 Å². The van der Waals surface area contributed by atoms with Gasteiger partial charge in [-0.05, 0) is 39.2 Å². The van der Waals surface area contributed by atoms with Crippen molar-refractivity contribution in [1.29, 1.82) is 0 Å². The highest BCUT2D eigenvalue weighted by Crippen LogP contribution is 2.21. The lowest BCUT2D eigenvalue weighted by Gasteiger charge is -2.14. The molecule has 0 unspecified atom stereocenters. The summed E-state index contributed by atoms with van der Waals surface area (Å²) in [6.07, 6.45) is 3.13. The maximum absolute atomic E-state index is 13.1. The molecule has 1 aliphatic rings. The molecule has 0 radical (unpaired) electrons. The van der Waals surface area contributed by atoms with Crippen LogP contribution < -0.4 is 5.32 Å². The van der Waals surface area contributed by atoms with Gasteiger partial charge in [0.1, 0.15) is 6.17 Å². The van der Waals surface area contributed by atoms with Gasteiger partial charge in [-0.15, -0.1) is 0 Å². The Bertz CT molecular complexity index is 132. The highest BCUT2D eigenvalue weighted by molar-refractivity contribution is 4.82. The van der Waals surface area contributed by atoms with Crippen molar-refractivity contribution in [1.82, 2.24) is 5.32 Å². The zero-order valence-electron chi connectivity index (χ0n) is 8.39. The van der Waals surface area contributed by atoms with E-state index in [1.165, 1.54) is 0 Å². The maximum Gasteiger partial charge on any atom is 0.115 e.